The van der Waals surface area contributed by atoms with Crippen LogP contribution in [0.15, 0.2) is 51.7 Å². The topological polar surface area (TPSA) is 72.1 Å². The highest BCUT2D eigenvalue weighted by atomic mass is 16.6. The number of likely N-dealkylation sites (N-methyl/N-ethyl adjacent to an activating group) is 1. The van der Waals surface area contributed by atoms with Gasteiger partial charge in [0.25, 0.3) is 0 Å². The van der Waals surface area contributed by atoms with E-state index in [0.717, 1.165) is 22.4 Å². The maximum atomic E-state index is 12.0. The van der Waals surface area contributed by atoms with Gasteiger partial charge >= 0.3 is 5.63 Å². The number of aromatic hydroxyl groups is 1. The normalized spacial score (nSPS) is 16.0. The molecular formula is C21H21NO5. The predicted octanol–water partition coefficient (Wildman–Crippen LogP) is 3.08. The van der Waals surface area contributed by atoms with Crippen molar-refractivity contribution in [3.8, 4) is 17.2 Å². The molecule has 1 aromatic heterocycles. The maximum absolute atomic E-state index is 12.0. The van der Waals surface area contributed by atoms with Gasteiger partial charge in [0.1, 0.15) is 24.0 Å². The fraction of sp³-hybridized carbons (Fsp3) is 0.286. The minimum atomic E-state index is -0.425. The second-order valence-corrected chi connectivity index (χ2v) is 6.87. The number of para-hydroxylation sites is 2. The molecule has 0 saturated carbocycles. The van der Waals surface area contributed by atoms with Crippen LogP contribution in [0, 0.1) is 6.92 Å². The van der Waals surface area contributed by atoms with Gasteiger partial charge in [0.2, 0.25) is 0 Å². The van der Waals surface area contributed by atoms with Gasteiger partial charge in [0.05, 0.1) is 0 Å². The zero-order valence-corrected chi connectivity index (χ0v) is 15.3. The molecule has 1 aliphatic heterocycles. The van der Waals surface area contributed by atoms with E-state index < -0.39 is 5.63 Å². The Morgan fingerprint density at radius 2 is 1.96 bits per heavy atom. The summed E-state index contributed by atoms with van der Waals surface area (Å²) >= 11 is 0. The summed E-state index contributed by atoms with van der Waals surface area (Å²) in [5, 5.41) is 10.7. The number of nitrogens with zero attached hydrogens (tertiary/aromatic N) is 1. The first-order chi connectivity index (χ1) is 13.0. The molecule has 140 valence electrons. The average molecular weight is 367 g/mol. The number of phenolic OH excluding ortho intramolecular Hbond substituents is 1. The number of hydrogen-bond donors (Lipinski definition) is 1. The van der Waals surface area contributed by atoms with Crippen molar-refractivity contribution >= 4 is 11.0 Å². The molecule has 1 atom stereocenters. The quantitative estimate of drug-likeness (QED) is 0.715. The lowest BCUT2D eigenvalue weighted by Crippen LogP contribution is -2.39. The van der Waals surface area contributed by atoms with E-state index in [2.05, 4.69) is 4.90 Å². The van der Waals surface area contributed by atoms with E-state index in [0.29, 0.717) is 30.8 Å². The molecule has 0 amide bonds. The number of ether oxygens (including phenoxy) is 2. The molecule has 2 aromatic carbocycles. The highest BCUT2D eigenvalue weighted by molar-refractivity contribution is 5.84. The molecule has 0 fully saturated rings. The van der Waals surface area contributed by atoms with Crippen LogP contribution < -0.4 is 15.1 Å². The van der Waals surface area contributed by atoms with Gasteiger partial charge in [-0.15, -0.1) is 0 Å². The van der Waals surface area contributed by atoms with Crippen LogP contribution >= 0.6 is 0 Å². The minimum absolute atomic E-state index is 0.0953. The Bertz CT molecular complexity index is 1040. The molecule has 0 saturated heterocycles. The van der Waals surface area contributed by atoms with Crippen LogP contribution in [0.1, 0.15) is 11.1 Å². The number of fused-ring (bicyclic) bond motifs is 2. The third-order valence-electron chi connectivity index (χ3n) is 4.74. The molecule has 1 unspecified atom stereocenters. The van der Waals surface area contributed by atoms with E-state index in [1.165, 1.54) is 6.07 Å². The molecule has 0 aliphatic carbocycles. The lowest BCUT2D eigenvalue weighted by molar-refractivity contribution is 0.0639. The standard InChI is InChI=1S/C21H21NO5/c1-13-17(23)8-7-16-14(9-20(24)27-21(13)16)10-22(2)11-15-12-25-18-5-3-4-6-19(18)26-15/h3-9,15,23H,10-12H2,1-2H3. The van der Waals surface area contributed by atoms with Crippen molar-refractivity contribution in [3.63, 3.8) is 0 Å². The molecule has 2 heterocycles. The lowest BCUT2D eigenvalue weighted by atomic mass is 10.1. The Labute approximate surface area is 156 Å². The van der Waals surface area contributed by atoms with Crippen LogP contribution in [0.4, 0.5) is 0 Å². The van der Waals surface area contributed by atoms with Crippen LogP contribution in [0.2, 0.25) is 0 Å². The smallest absolute Gasteiger partial charge is 0.336 e. The summed E-state index contributed by atoms with van der Waals surface area (Å²) in [7, 11) is 1.97. The SMILES string of the molecule is Cc1c(O)ccc2c(CN(C)CC3COc4ccccc4O3)cc(=O)oc12. The van der Waals surface area contributed by atoms with Crippen LogP contribution in [0.5, 0.6) is 17.2 Å². The van der Waals surface area contributed by atoms with Crippen LogP contribution in [-0.2, 0) is 6.54 Å². The summed E-state index contributed by atoms with van der Waals surface area (Å²) in [6, 6.07) is 12.5. The molecular weight excluding hydrogens is 346 g/mol. The number of benzene rings is 2. The first kappa shape index (κ1) is 17.4. The van der Waals surface area contributed by atoms with Crippen molar-refractivity contribution in [2.75, 3.05) is 20.2 Å². The molecule has 6 heteroatoms. The van der Waals surface area contributed by atoms with E-state index in [9.17, 15) is 9.90 Å². The van der Waals surface area contributed by atoms with Gasteiger partial charge in [0.15, 0.2) is 11.5 Å². The third-order valence-corrected chi connectivity index (χ3v) is 4.74. The highest BCUT2D eigenvalue weighted by Crippen LogP contribution is 2.31. The maximum Gasteiger partial charge on any atom is 0.336 e. The van der Waals surface area contributed by atoms with Crippen molar-refractivity contribution in [3.05, 3.63) is 64.0 Å². The fourth-order valence-electron chi connectivity index (χ4n) is 3.40. The molecule has 1 aliphatic rings. The summed E-state index contributed by atoms with van der Waals surface area (Å²) in [4.78, 5) is 14.0. The van der Waals surface area contributed by atoms with Gasteiger partial charge in [-0.1, -0.05) is 12.1 Å². The van der Waals surface area contributed by atoms with Gasteiger partial charge in [-0.05, 0) is 43.8 Å². The van der Waals surface area contributed by atoms with Gasteiger partial charge in [-0.3, -0.25) is 4.90 Å². The summed E-state index contributed by atoms with van der Waals surface area (Å²) in [6.07, 6.45) is -0.0953. The molecule has 0 radical (unpaired) electrons. The Kier molecular flexibility index (Phi) is 4.49. The molecule has 1 N–H and O–H groups in total. The van der Waals surface area contributed by atoms with Crippen molar-refractivity contribution in [1.29, 1.82) is 0 Å². The van der Waals surface area contributed by atoms with E-state index in [1.54, 1.807) is 19.1 Å². The second-order valence-electron chi connectivity index (χ2n) is 6.87. The lowest BCUT2D eigenvalue weighted by Gasteiger charge is -2.29. The molecule has 27 heavy (non-hydrogen) atoms. The van der Waals surface area contributed by atoms with E-state index in [-0.39, 0.29) is 11.9 Å². The Morgan fingerprint density at radius 1 is 1.19 bits per heavy atom. The summed E-state index contributed by atoms with van der Waals surface area (Å²) < 4.78 is 17.1. The van der Waals surface area contributed by atoms with Crippen molar-refractivity contribution in [2.45, 2.75) is 19.6 Å². The molecule has 0 bridgehead atoms. The van der Waals surface area contributed by atoms with Gasteiger partial charge in [-0.25, -0.2) is 4.79 Å². The van der Waals surface area contributed by atoms with Gasteiger partial charge in [-0.2, -0.15) is 0 Å². The number of phenols is 1. The first-order valence-corrected chi connectivity index (χ1v) is 8.83. The highest BCUT2D eigenvalue weighted by Gasteiger charge is 2.22. The summed E-state index contributed by atoms with van der Waals surface area (Å²) in [5.74, 6) is 1.62. The molecule has 6 nitrogen and oxygen atoms in total. The first-order valence-electron chi connectivity index (χ1n) is 8.83. The minimum Gasteiger partial charge on any atom is -0.508 e. The molecule has 0 spiro atoms. The van der Waals surface area contributed by atoms with Crippen LogP contribution in [0.3, 0.4) is 0 Å². The Morgan fingerprint density at radius 3 is 2.78 bits per heavy atom. The zero-order valence-electron chi connectivity index (χ0n) is 15.3. The summed E-state index contributed by atoms with van der Waals surface area (Å²) in [6.45, 7) is 3.41. The van der Waals surface area contributed by atoms with E-state index in [1.807, 2.05) is 31.3 Å². The van der Waals surface area contributed by atoms with Crippen molar-refractivity contribution in [1.82, 2.24) is 4.90 Å². The predicted molar refractivity (Wildman–Crippen MR) is 102 cm³/mol. The fourth-order valence-corrected chi connectivity index (χ4v) is 3.40. The third kappa shape index (κ3) is 3.48. The van der Waals surface area contributed by atoms with Crippen molar-refractivity contribution < 1.29 is 19.0 Å². The monoisotopic (exact) mass is 367 g/mol. The number of rotatable bonds is 4. The number of aryl methyl sites for hydroxylation is 1. The summed E-state index contributed by atoms with van der Waals surface area (Å²) in [5.41, 5.74) is 1.42. The average Bonchev–Trinajstić information content (AvgIpc) is 2.65. The van der Waals surface area contributed by atoms with E-state index in [4.69, 9.17) is 13.9 Å². The van der Waals surface area contributed by atoms with Gasteiger partial charge in [0, 0.05) is 30.1 Å². The number of hydrogen-bond acceptors (Lipinski definition) is 6. The Hall–Kier alpha value is -2.99. The largest absolute Gasteiger partial charge is 0.508 e. The molecule has 4 rings (SSSR count). The second kappa shape index (κ2) is 6.96. The molecule has 3 aromatic rings. The van der Waals surface area contributed by atoms with E-state index >= 15 is 0 Å². The van der Waals surface area contributed by atoms with Crippen molar-refractivity contribution in [2.24, 2.45) is 0 Å². The van der Waals surface area contributed by atoms with Crippen LogP contribution in [-0.4, -0.2) is 36.3 Å². The van der Waals surface area contributed by atoms with Gasteiger partial charge < -0.3 is 19.0 Å². The Balaban J connectivity index is 1.53. The van der Waals surface area contributed by atoms with Crippen LogP contribution in [0.25, 0.3) is 11.0 Å². The zero-order chi connectivity index (χ0) is 19.0.